The predicted octanol–water partition coefficient (Wildman–Crippen LogP) is 2.18. The van der Waals surface area contributed by atoms with Crippen molar-refractivity contribution in [2.75, 3.05) is 26.2 Å². The van der Waals surface area contributed by atoms with E-state index in [2.05, 4.69) is 5.32 Å². The molecule has 1 spiro atoms. The number of nitrogens with one attached hydrogen (secondary N) is 1. The lowest BCUT2D eigenvalue weighted by Crippen LogP contribution is -2.35. The SMILES string of the molecule is Cc1cccc(OC(=O)N2CCC3(CCNC3)C2)c1. The van der Waals surface area contributed by atoms with E-state index >= 15 is 0 Å². The lowest BCUT2D eigenvalue weighted by Gasteiger charge is -2.22. The van der Waals surface area contributed by atoms with E-state index in [0.29, 0.717) is 11.2 Å². The van der Waals surface area contributed by atoms with Gasteiger partial charge in [0.1, 0.15) is 5.75 Å². The molecule has 0 aliphatic carbocycles. The molecule has 4 heteroatoms. The van der Waals surface area contributed by atoms with Crippen LogP contribution in [-0.4, -0.2) is 37.2 Å². The first-order valence-electron chi connectivity index (χ1n) is 6.91. The summed E-state index contributed by atoms with van der Waals surface area (Å²) >= 11 is 0. The van der Waals surface area contributed by atoms with Crippen LogP contribution < -0.4 is 10.1 Å². The van der Waals surface area contributed by atoms with Gasteiger partial charge in [0.2, 0.25) is 0 Å². The summed E-state index contributed by atoms with van der Waals surface area (Å²) in [4.78, 5) is 14.0. The Hall–Kier alpha value is -1.55. The summed E-state index contributed by atoms with van der Waals surface area (Å²) in [6.45, 7) is 5.73. The Bertz CT molecular complexity index is 481. The van der Waals surface area contributed by atoms with Gasteiger partial charge in [-0.15, -0.1) is 0 Å². The minimum absolute atomic E-state index is 0.214. The second-order valence-corrected chi connectivity index (χ2v) is 5.78. The molecule has 3 rings (SSSR count). The smallest absolute Gasteiger partial charge is 0.410 e. The molecule has 1 aromatic carbocycles. The topological polar surface area (TPSA) is 41.6 Å². The summed E-state index contributed by atoms with van der Waals surface area (Å²) in [5.41, 5.74) is 1.40. The van der Waals surface area contributed by atoms with Crippen LogP contribution in [0.4, 0.5) is 4.79 Å². The van der Waals surface area contributed by atoms with Crippen LogP contribution in [0.2, 0.25) is 0 Å². The monoisotopic (exact) mass is 260 g/mol. The van der Waals surface area contributed by atoms with Gasteiger partial charge in [0.15, 0.2) is 0 Å². The van der Waals surface area contributed by atoms with Crippen LogP contribution >= 0.6 is 0 Å². The van der Waals surface area contributed by atoms with E-state index in [4.69, 9.17) is 4.74 Å². The number of ether oxygens (including phenoxy) is 1. The number of hydrogen-bond donors (Lipinski definition) is 1. The Morgan fingerprint density at radius 2 is 2.32 bits per heavy atom. The highest BCUT2D eigenvalue weighted by Crippen LogP contribution is 2.36. The molecule has 0 aromatic heterocycles. The first-order chi connectivity index (χ1) is 9.17. The van der Waals surface area contributed by atoms with Crippen molar-refractivity contribution in [3.05, 3.63) is 29.8 Å². The van der Waals surface area contributed by atoms with E-state index in [1.165, 1.54) is 6.42 Å². The fourth-order valence-corrected chi connectivity index (χ4v) is 3.08. The molecule has 1 amide bonds. The maximum absolute atomic E-state index is 12.1. The second-order valence-electron chi connectivity index (χ2n) is 5.78. The van der Waals surface area contributed by atoms with Gasteiger partial charge in [-0.05, 0) is 44.0 Å². The third kappa shape index (κ3) is 2.59. The summed E-state index contributed by atoms with van der Waals surface area (Å²) in [5.74, 6) is 0.635. The van der Waals surface area contributed by atoms with Crippen molar-refractivity contribution < 1.29 is 9.53 Å². The average molecular weight is 260 g/mol. The minimum atomic E-state index is -0.214. The number of likely N-dealkylation sites (tertiary alicyclic amines) is 1. The van der Waals surface area contributed by atoms with Crippen LogP contribution in [0.15, 0.2) is 24.3 Å². The molecule has 2 saturated heterocycles. The molecule has 19 heavy (non-hydrogen) atoms. The molecule has 2 fully saturated rings. The molecule has 1 N–H and O–H groups in total. The number of amides is 1. The Morgan fingerprint density at radius 1 is 1.42 bits per heavy atom. The average Bonchev–Trinajstić information content (AvgIpc) is 3.00. The Morgan fingerprint density at radius 3 is 3.05 bits per heavy atom. The molecule has 2 aliphatic heterocycles. The number of nitrogens with zero attached hydrogens (tertiary/aromatic N) is 1. The predicted molar refractivity (Wildman–Crippen MR) is 73.3 cm³/mol. The number of carbonyl (C=O) groups is 1. The molecule has 1 unspecified atom stereocenters. The third-order valence-electron chi connectivity index (χ3n) is 4.22. The van der Waals surface area contributed by atoms with Gasteiger partial charge in [0.25, 0.3) is 0 Å². The summed E-state index contributed by atoms with van der Waals surface area (Å²) in [6.07, 6.45) is 2.04. The summed E-state index contributed by atoms with van der Waals surface area (Å²) < 4.78 is 5.45. The Balaban J connectivity index is 1.62. The lowest BCUT2D eigenvalue weighted by atomic mass is 9.87. The zero-order chi connectivity index (χ0) is 13.3. The molecular formula is C15H20N2O2. The van der Waals surface area contributed by atoms with Gasteiger partial charge in [-0.1, -0.05) is 12.1 Å². The van der Waals surface area contributed by atoms with Crippen molar-refractivity contribution in [3.63, 3.8) is 0 Å². The fourth-order valence-electron chi connectivity index (χ4n) is 3.08. The van der Waals surface area contributed by atoms with Crippen molar-refractivity contribution in [2.45, 2.75) is 19.8 Å². The molecule has 2 aliphatic rings. The van der Waals surface area contributed by atoms with Crippen molar-refractivity contribution >= 4 is 6.09 Å². The van der Waals surface area contributed by atoms with Crippen LogP contribution in [0.5, 0.6) is 5.75 Å². The highest BCUT2D eigenvalue weighted by atomic mass is 16.6. The number of aryl methyl sites for hydroxylation is 1. The maximum atomic E-state index is 12.1. The Kier molecular flexibility index (Phi) is 3.19. The van der Waals surface area contributed by atoms with Gasteiger partial charge >= 0.3 is 6.09 Å². The molecule has 0 saturated carbocycles. The van der Waals surface area contributed by atoms with Gasteiger partial charge in [-0.3, -0.25) is 0 Å². The molecule has 4 nitrogen and oxygen atoms in total. The third-order valence-corrected chi connectivity index (χ3v) is 4.22. The zero-order valence-corrected chi connectivity index (χ0v) is 11.3. The molecular weight excluding hydrogens is 240 g/mol. The molecule has 1 aromatic rings. The summed E-state index contributed by atoms with van der Waals surface area (Å²) in [7, 11) is 0. The van der Waals surface area contributed by atoms with Gasteiger partial charge in [0, 0.05) is 25.0 Å². The summed E-state index contributed by atoms with van der Waals surface area (Å²) in [6, 6.07) is 7.62. The number of benzene rings is 1. The van der Waals surface area contributed by atoms with E-state index in [1.807, 2.05) is 36.1 Å². The highest BCUT2D eigenvalue weighted by Gasteiger charge is 2.42. The van der Waals surface area contributed by atoms with E-state index in [0.717, 1.165) is 38.2 Å². The van der Waals surface area contributed by atoms with Crippen molar-refractivity contribution in [3.8, 4) is 5.75 Å². The molecule has 1 atom stereocenters. The van der Waals surface area contributed by atoms with Crippen LogP contribution in [0.25, 0.3) is 0 Å². The maximum Gasteiger partial charge on any atom is 0.415 e. The number of hydrogen-bond acceptors (Lipinski definition) is 3. The Labute approximate surface area is 113 Å². The van der Waals surface area contributed by atoms with Gasteiger partial charge in [-0.25, -0.2) is 4.79 Å². The van der Waals surface area contributed by atoms with Crippen LogP contribution in [0.1, 0.15) is 18.4 Å². The van der Waals surface area contributed by atoms with Gasteiger partial charge in [-0.2, -0.15) is 0 Å². The summed E-state index contributed by atoms with van der Waals surface area (Å²) in [5, 5.41) is 3.39. The van der Waals surface area contributed by atoms with E-state index in [-0.39, 0.29) is 6.09 Å². The van der Waals surface area contributed by atoms with Gasteiger partial charge in [0.05, 0.1) is 0 Å². The van der Waals surface area contributed by atoms with Crippen LogP contribution in [0, 0.1) is 12.3 Å². The van der Waals surface area contributed by atoms with E-state index in [9.17, 15) is 4.79 Å². The van der Waals surface area contributed by atoms with Crippen molar-refractivity contribution in [2.24, 2.45) is 5.41 Å². The fraction of sp³-hybridized carbons (Fsp3) is 0.533. The molecule has 2 heterocycles. The first-order valence-corrected chi connectivity index (χ1v) is 6.91. The number of rotatable bonds is 1. The van der Waals surface area contributed by atoms with Gasteiger partial charge < -0.3 is 15.0 Å². The molecule has 102 valence electrons. The van der Waals surface area contributed by atoms with Crippen molar-refractivity contribution in [1.82, 2.24) is 10.2 Å². The van der Waals surface area contributed by atoms with Crippen LogP contribution in [0.3, 0.4) is 0 Å². The first kappa shape index (κ1) is 12.5. The van der Waals surface area contributed by atoms with Crippen molar-refractivity contribution in [1.29, 1.82) is 0 Å². The standard InChI is InChI=1S/C15H20N2O2/c1-12-3-2-4-13(9-12)19-14(18)17-8-6-15(11-17)5-7-16-10-15/h2-4,9,16H,5-8,10-11H2,1H3. The number of carbonyl (C=O) groups excluding carboxylic acids is 1. The molecule has 0 radical (unpaired) electrons. The zero-order valence-electron chi connectivity index (χ0n) is 11.3. The quantitative estimate of drug-likeness (QED) is 0.841. The van der Waals surface area contributed by atoms with Crippen LogP contribution in [-0.2, 0) is 0 Å². The largest absolute Gasteiger partial charge is 0.415 e. The lowest BCUT2D eigenvalue weighted by molar-refractivity contribution is 0.157. The second kappa shape index (κ2) is 4.85. The van der Waals surface area contributed by atoms with E-state index in [1.54, 1.807) is 0 Å². The normalized spacial score (nSPS) is 26.1. The van der Waals surface area contributed by atoms with E-state index < -0.39 is 0 Å². The minimum Gasteiger partial charge on any atom is -0.410 e. The molecule has 0 bridgehead atoms. The highest BCUT2D eigenvalue weighted by molar-refractivity contribution is 5.71.